The van der Waals surface area contributed by atoms with Crippen molar-refractivity contribution < 1.29 is 0 Å². The van der Waals surface area contributed by atoms with Crippen LogP contribution in [0.3, 0.4) is 0 Å². The van der Waals surface area contributed by atoms with E-state index in [1.807, 2.05) is 6.92 Å². The normalized spacial score (nSPS) is 11.9. The lowest BCUT2D eigenvalue weighted by atomic mass is 10.0. The van der Waals surface area contributed by atoms with Gasteiger partial charge in [-0.2, -0.15) is 4.98 Å². The summed E-state index contributed by atoms with van der Waals surface area (Å²) in [6, 6.07) is 0. The highest BCUT2D eigenvalue weighted by Crippen LogP contribution is 2.15. The minimum Gasteiger partial charge on any atom is -0.368 e. The van der Waals surface area contributed by atoms with Crippen LogP contribution in [0.5, 0.6) is 0 Å². The lowest BCUT2D eigenvalue weighted by Crippen LogP contribution is -2.44. The summed E-state index contributed by atoms with van der Waals surface area (Å²) < 4.78 is 0. The van der Waals surface area contributed by atoms with Crippen molar-refractivity contribution in [3.8, 4) is 0 Å². The summed E-state index contributed by atoms with van der Waals surface area (Å²) in [6.45, 7) is 7.10. The largest absolute Gasteiger partial charge is 0.368 e. The molecule has 0 aliphatic rings. The van der Waals surface area contributed by atoms with Gasteiger partial charge in [-0.1, -0.05) is 0 Å². The lowest BCUT2D eigenvalue weighted by Gasteiger charge is -2.33. The first-order valence-corrected chi connectivity index (χ1v) is 5.33. The second kappa shape index (κ2) is 4.65. The molecule has 5 nitrogen and oxygen atoms in total. The van der Waals surface area contributed by atoms with E-state index < -0.39 is 0 Å². The van der Waals surface area contributed by atoms with Crippen molar-refractivity contribution in [3.05, 3.63) is 11.8 Å². The van der Waals surface area contributed by atoms with Crippen LogP contribution in [-0.2, 0) is 0 Å². The molecule has 0 saturated heterocycles. The Kier molecular flexibility index (Phi) is 3.70. The maximum Gasteiger partial charge on any atom is 0.221 e. The van der Waals surface area contributed by atoms with E-state index in [1.165, 1.54) is 0 Å². The van der Waals surface area contributed by atoms with E-state index in [1.54, 1.807) is 6.20 Å². The number of hydrogen-bond donors (Lipinski definition) is 2. The van der Waals surface area contributed by atoms with Crippen LogP contribution in [0, 0.1) is 6.92 Å². The van der Waals surface area contributed by atoms with Crippen molar-refractivity contribution in [2.45, 2.75) is 26.3 Å². The number of anilines is 2. The highest BCUT2D eigenvalue weighted by molar-refractivity contribution is 5.45. The maximum absolute atomic E-state index is 5.55. The molecule has 1 heterocycles. The molecule has 0 atom stereocenters. The van der Waals surface area contributed by atoms with E-state index in [2.05, 4.69) is 48.1 Å². The Morgan fingerprint density at radius 1 is 1.44 bits per heavy atom. The summed E-state index contributed by atoms with van der Waals surface area (Å²) in [5, 5.41) is 3.30. The zero-order chi connectivity index (χ0) is 12.3. The number of nitrogens with one attached hydrogen (secondary N) is 1. The number of aryl methyl sites for hydroxylation is 1. The number of aromatic nitrogens is 2. The van der Waals surface area contributed by atoms with Gasteiger partial charge >= 0.3 is 0 Å². The van der Waals surface area contributed by atoms with Gasteiger partial charge in [-0.15, -0.1) is 0 Å². The average molecular weight is 223 g/mol. The Balaban J connectivity index is 2.71. The first-order chi connectivity index (χ1) is 7.33. The Hall–Kier alpha value is -1.36. The predicted molar refractivity (Wildman–Crippen MR) is 67.4 cm³/mol. The standard InChI is InChI=1S/C11H21N5/c1-8-6-13-10(12)15-9(8)14-7-11(2,3)16(4)5/h6H,7H2,1-5H3,(H3,12,13,14,15). The van der Waals surface area contributed by atoms with Crippen molar-refractivity contribution in [1.29, 1.82) is 0 Å². The van der Waals surface area contributed by atoms with Gasteiger partial charge in [-0.05, 0) is 34.9 Å². The summed E-state index contributed by atoms with van der Waals surface area (Å²) in [7, 11) is 4.12. The van der Waals surface area contributed by atoms with Crippen molar-refractivity contribution in [2.24, 2.45) is 0 Å². The second-order valence-electron chi connectivity index (χ2n) is 4.82. The first-order valence-electron chi connectivity index (χ1n) is 5.33. The van der Waals surface area contributed by atoms with Gasteiger partial charge in [0.05, 0.1) is 0 Å². The molecule has 0 saturated carbocycles. The molecule has 1 aromatic rings. The molecule has 0 amide bonds. The fourth-order valence-corrected chi connectivity index (χ4v) is 1.09. The molecule has 90 valence electrons. The van der Waals surface area contributed by atoms with E-state index in [0.29, 0.717) is 5.95 Å². The smallest absolute Gasteiger partial charge is 0.221 e. The summed E-state index contributed by atoms with van der Waals surface area (Å²) in [4.78, 5) is 10.3. The summed E-state index contributed by atoms with van der Waals surface area (Å²) in [5.74, 6) is 1.11. The topological polar surface area (TPSA) is 67.1 Å². The highest BCUT2D eigenvalue weighted by atomic mass is 15.2. The van der Waals surface area contributed by atoms with Crippen LogP contribution in [-0.4, -0.2) is 41.0 Å². The molecule has 1 rings (SSSR count). The Labute approximate surface area is 97.1 Å². The molecule has 0 aliphatic carbocycles. The molecule has 1 aromatic heterocycles. The Morgan fingerprint density at radius 2 is 2.06 bits per heavy atom. The molecular formula is C11H21N5. The van der Waals surface area contributed by atoms with Crippen LogP contribution in [0.25, 0.3) is 0 Å². The number of hydrogen-bond acceptors (Lipinski definition) is 5. The number of rotatable bonds is 4. The fourth-order valence-electron chi connectivity index (χ4n) is 1.09. The molecule has 0 fully saturated rings. The quantitative estimate of drug-likeness (QED) is 0.800. The average Bonchev–Trinajstić information content (AvgIpc) is 2.19. The van der Waals surface area contributed by atoms with Crippen molar-refractivity contribution in [3.63, 3.8) is 0 Å². The highest BCUT2D eigenvalue weighted by Gasteiger charge is 2.20. The van der Waals surface area contributed by atoms with Gasteiger partial charge in [0.25, 0.3) is 0 Å². The van der Waals surface area contributed by atoms with Crippen molar-refractivity contribution in [2.75, 3.05) is 31.7 Å². The van der Waals surface area contributed by atoms with Gasteiger partial charge < -0.3 is 16.0 Å². The molecule has 0 spiro atoms. The Morgan fingerprint density at radius 3 is 2.62 bits per heavy atom. The number of nitrogen functional groups attached to an aromatic ring is 1. The lowest BCUT2D eigenvalue weighted by molar-refractivity contribution is 0.210. The monoisotopic (exact) mass is 223 g/mol. The molecule has 0 aromatic carbocycles. The minimum absolute atomic E-state index is 0.0617. The van der Waals surface area contributed by atoms with E-state index >= 15 is 0 Å². The van der Waals surface area contributed by atoms with Gasteiger partial charge in [-0.3, -0.25) is 0 Å². The van der Waals surface area contributed by atoms with Crippen LogP contribution < -0.4 is 11.1 Å². The van der Waals surface area contributed by atoms with Crippen LogP contribution in [0.4, 0.5) is 11.8 Å². The fraction of sp³-hybridized carbons (Fsp3) is 0.636. The van der Waals surface area contributed by atoms with Gasteiger partial charge in [0, 0.05) is 23.8 Å². The SMILES string of the molecule is Cc1cnc(N)nc1NCC(C)(C)N(C)C. The molecule has 0 aliphatic heterocycles. The van der Waals surface area contributed by atoms with Gasteiger partial charge in [-0.25, -0.2) is 4.98 Å². The minimum atomic E-state index is 0.0617. The summed E-state index contributed by atoms with van der Waals surface area (Å²) >= 11 is 0. The molecular weight excluding hydrogens is 202 g/mol. The van der Waals surface area contributed by atoms with Crippen LogP contribution in [0.1, 0.15) is 19.4 Å². The molecule has 16 heavy (non-hydrogen) atoms. The molecule has 3 N–H and O–H groups in total. The van der Waals surface area contributed by atoms with Crippen LogP contribution in [0.15, 0.2) is 6.20 Å². The third kappa shape index (κ3) is 3.06. The third-order valence-corrected chi connectivity index (χ3v) is 2.89. The summed E-state index contributed by atoms with van der Waals surface area (Å²) in [6.07, 6.45) is 1.73. The van der Waals surface area contributed by atoms with Crippen molar-refractivity contribution >= 4 is 11.8 Å². The molecule has 0 radical (unpaired) electrons. The van der Waals surface area contributed by atoms with Crippen molar-refractivity contribution in [1.82, 2.24) is 14.9 Å². The molecule has 0 unspecified atom stereocenters. The summed E-state index contributed by atoms with van der Waals surface area (Å²) in [5.41, 5.74) is 6.62. The number of nitrogens with two attached hydrogens (primary N) is 1. The van der Waals surface area contributed by atoms with E-state index in [-0.39, 0.29) is 5.54 Å². The van der Waals surface area contributed by atoms with E-state index in [9.17, 15) is 0 Å². The van der Waals surface area contributed by atoms with E-state index in [4.69, 9.17) is 5.73 Å². The van der Waals surface area contributed by atoms with Gasteiger partial charge in [0.1, 0.15) is 5.82 Å². The number of likely N-dealkylation sites (N-methyl/N-ethyl adjacent to an activating group) is 1. The van der Waals surface area contributed by atoms with Gasteiger partial charge in [0.2, 0.25) is 5.95 Å². The third-order valence-electron chi connectivity index (χ3n) is 2.89. The second-order valence-corrected chi connectivity index (χ2v) is 4.82. The van der Waals surface area contributed by atoms with E-state index in [0.717, 1.165) is 17.9 Å². The predicted octanol–water partition coefficient (Wildman–Crippen LogP) is 1.12. The zero-order valence-electron chi connectivity index (χ0n) is 10.7. The number of nitrogens with zero attached hydrogens (tertiary/aromatic N) is 3. The maximum atomic E-state index is 5.55. The first kappa shape index (κ1) is 12.7. The van der Waals surface area contributed by atoms with Gasteiger partial charge in [0.15, 0.2) is 0 Å². The molecule has 0 bridgehead atoms. The Bertz CT molecular complexity index is 359. The molecule has 5 heteroatoms. The van der Waals surface area contributed by atoms with Crippen LogP contribution >= 0.6 is 0 Å². The zero-order valence-corrected chi connectivity index (χ0v) is 10.7. The van der Waals surface area contributed by atoms with Crippen LogP contribution in [0.2, 0.25) is 0 Å².